The van der Waals surface area contributed by atoms with Crippen molar-refractivity contribution in [2.75, 3.05) is 13.7 Å². The second-order valence-electron chi connectivity index (χ2n) is 4.42. The normalized spacial score (nSPS) is 26.3. The number of ether oxygens (including phenoxy) is 2. The molecule has 9 heteroatoms. The molecule has 108 valence electrons. The second-order valence-corrected chi connectivity index (χ2v) is 4.42. The lowest BCUT2D eigenvalue weighted by Crippen LogP contribution is -2.24. The van der Waals surface area contributed by atoms with Crippen molar-refractivity contribution in [3.8, 4) is 17.4 Å². The van der Waals surface area contributed by atoms with E-state index in [1.54, 1.807) is 0 Å². The summed E-state index contributed by atoms with van der Waals surface area (Å²) in [6.07, 6.45) is -1.97. The van der Waals surface area contributed by atoms with Gasteiger partial charge in [-0.3, -0.25) is 0 Å². The van der Waals surface area contributed by atoms with E-state index in [0.717, 1.165) is 4.57 Å². The topological polar surface area (TPSA) is 103 Å². The highest BCUT2D eigenvalue weighted by Gasteiger charge is 2.38. The Kier molecular flexibility index (Phi) is 3.24. The number of aromatic nitrogens is 4. The number of hydrogen-bond acceptors (Lipinski definition) is 7. The standard InChI is InChI=1S/C11H13FN4O4/c1-19-10-8-9(14-4-13-8)15-11(12)16(10)7-2-5(18)6(3-17)20-7/h4-7,17-18H,2-3H2,1H3/t5-,6+,7?/m0/s1. The maximum Gasteiger partial charge on any atom is 0.296 e. The Balaban J connectivity index is 2.07. The predicted molar refractivity (Wildman–Crippen MR) is 62.6 cm³/mol. The van der Waals surface area contributed by atoms with Crippen LogP contribution in [-0.2, 0) is 4.74 Å². The number of rotatable bonds is 3. The van der Waals surface area contributed by atoms with Gasteiger partial charge in [-0.2, -0.15) is 9.37 Å². The van der Waals surface area contributed by atoms with Gasteiger partial charge in [-0.05, 0) is 0 Å². The molecule has 0 saturated carbocycles. The molecular formula is C11H13FN4O4. The SMILES string of the molecule is COc1c2ncnc-2nc(F)n1C1C[C@H](O)[C@@H](CO)O1. The molecule has 0 aromatic carbocycles. The van der Waals surface area contributed by atoms with Gasteiger partial charge in [0.25, 0.3) is 6.08 Å². The summed E-state index contributed by atoms with van der Waals surface area (Å²) in [7, 11) is 1.37. The van der Waals surface area contributed by atoms with Crippen molar-refractivity contribution in [1.82, 2.24) is 19.5 Å². The van der Waals surface area contributed by atoms with E-state index in [1.165, 1.54) is 13.4 Å². The van der Waals surface area contributed by atoms with E-state index < -0.39 is 24.5 Å². The number of aliphatic hydroxyl groups excluding tert-OH is 2. The molecule has 2 N–H and O–H groups in total. The summed E-state index contributed by atoms with van der Waals surface area (Å²) in [5.74, 6) is 0.244. The maximum absolute atomic E-state index is 14.1. The highest BCUT2D eigenvalue weighted by Crippen LogP contribution is 2.36. The average molecular weight is 284 g/mol. The van der Waals surface area contributed by atoms with Crippen molar-refractivity contribution in [3.63, 3.8) is 0 Å². The fourth-order valence-corrected chi connectivity index (χ4v) is 2.31. The molecule has 3 heterocycles. The highest BCUT2D eigenvalue weighted by atomic mass is 19.1. The first-order valence-electron chi connectivity index (χ1n) is 6.02. The molecule has 3 aliphatic rings. The molecule has 1 saturated heterocycles. The Bertz CT molecular complexity index is 592. The number of hydrogen-bond donors (Lipinski definition) is 2. The molecule has 8 nitrogen and oxygen atoms in total. The molecule has 20 heavy (non-hydrogen) atoms. The quantitative estimate of drug-likeness (QED) is 0.737. The molecule has 1 unspecified atom stereocenters. The van der Waals surface area contributed by atoms with Crippen molar-refractivity contribution in [2.45, 2.75) is 24.9 Å². The molecule has 3 aliphatic heterocycles. The van der Waals surface area contributed by atoms with Crippen LogP contribution < -0.4 is 4.74 Å². The van der Waals surface area contributed by atoms with Crippen LogP contribution in [0.5, 0.6) is 5.88 Å². The molecule has 0 aromatic heterocycles. The van der Waals surface area contributed by atoms with Crippen LogP contribution in [0.2, 0.25) is 0 Å². The van der Waals surface area contributed by atoms with Gasteiger partial charge in [-0.1, -0.05) is 0 Å². The Labute approximate surface area is 113 Å². The first-order chi connectivity index (χ1) is 9.65. The molecule has 1 fully saturated rings. The molecule has 0 amide bonds. The van der Waals surface area contributed by atoms with Crippen LogP contribution in [0.15, 0.2) is 6.33 Å². The fraction of sp³-hybridized carbons (Fsp3) is 0.545. The van der Waals surface area contributed by atoms with E-state index in [4.69, 9.17) is 14.6 Å². The van der Waals surface area contributed by atoms with Crippen LogP contribution in [0.25, 0.3) is 11.5 Å². The van der Waals surface area contributed by atoms with Crippen molar-refractivity contribution in [2.24, 2.45) is 0 Å². The van der Waals surface area contributed by atoms with Crippen molar-refractivity contribution < 1.29 is 24.1 Å². The lowest BCUT2D eigenvalue weighted by Gasteiger charge is -2.20. The van der Waals surface area contributed by atoms with Gasteiger partial charge >= 0.3 is 0 Å². The zero-order valence-electron chi connectivity index (χ0n) is 10.6. The third-order valence-corrected chi connectivity index (χ3v) is 3.26. The number of methoxy groups -OCH3 is 1. The van der Waals surface area contributed by atoms with Gasteiger partial charge in [0, 0.05) is 6.42 Å². The van der Waals surface area contributed by atoms with E-state index >= 15 is 0 Å². The van der Waals surface area contributed by atoms with E-state index in [0.29, 0.717) is 5.69 Å². The van der Waals surface area contributed by atoms with Crippen LogP contribution in [0.4, 0.5) is 4.39 Å². The number of imidazole rings is 1. The minimum absolute atomic E-state index is 0.112. The highest BCUT2D eigenvalue weighted by molar-refractivity contribution is 5.57. The summed E-state index contributed by atoms with van der Waals surface area (Å²) in [5, 5.41) is 18.8. The van der Waals surface area contributed by atoms with Crippen molar-refractivity contribution in [3.05, 3.63) is 12.4 Å². The Morgan fingerprint density at radius 2 is 2.35 bits per heavy atom. The zero-order chi connectivity index (χ0) is 14.3. The molecule has 0 spiro atoms. The van der Waals surface area contributed by atoms with E-state index in [1.807, 2.05) is 0 Å². The summed E-state index contributed by atoms with van der Waals surface area (Å²) in [6, 6.07) is 0. The third-order valence-electron chi connectivity index (χ3n) is 3.26. The summed E-state index contributed by atoms with van der Waals surface area (Å²) >= 11 is 0. The maximum atomic E-state index is 14.1. The van der Waals surface area contributed by atoms with Gasteiger partial charge < -0.3 is 19.7 Å². The van der Waals surface area contributed by atoms with Crippen LogP contribution in [0.1, 0.15) is 12.6 Å². The van der Waals surface area contributed by atoms with Gasteiger partial charge in [0.1, 0.15) is 18.7 Å². The third kappa shape index (κ3) is 1.90. The fourth-order valence-electron chi connectivity index (χ4n) is 2.31. The molecule has 0 radical (unpaired) electrons. The van der Waals surface area contributed by atoms with E-state index in [2.05, 4.69) is 15.0 Å². The van der Waals surface area contributed by atoms with Gasteiger partial charge in [0.15, 0.2) is 11.5 Å². The zero-order valence-corrected chi connectivity index (χ0v) is 10.6. The lowest BCUT2D eigenvalue weighted by atomic mass is 10.2. The largest absolute Gasteiger partial charge is 0.480 e. The van der Waals surface area contributed by atoms with E-state index in [9.17, 15) is 9.50 Å². The summed E-state index contributed by atoms with van der Waals surface area (Å²) in [4.78, 5) is 11.5. The Morgan fingerprint density at radius 1 is 1.55 bits per heavy atom. The average Bonchev–Trinajstić information content (AvgIpc) is 3.02. The van der Waals surface area contributed by atoms with Crippen molar-refractivity contribution in [1.29, 1.82) is 0 Å². The smallest absolute Gasteiger partial charge is 0.296 e. The van der Waals surface area contributed by atoms with Gasteiger partial charge in [0.2, 0.25) is 5.88 Å². The monoisotopic (exact) mass is 284 g/mol. The number of aliphatic hydroxyl groups is 2. The first-order valence-corrected chi connectivity index (χ1v) is 6.02. The minimum Gasteiger partial charge on any atom is -0.480 e. The lowest BCUT2D eigenvalue weighted by molar-refractivity contribution is -0.0506. The predicted octanol–water partition coefficient (Wildman–Crippen LogP) is -0.434. The Hall–Kier alpha value is -1.84. The number of nitrogens with zero attached hydrogens (tertiary/aromatic N) is 4. The summed E-state index contributed by atoms with van der Waals surface area (Å²) in [5.41, 5.74) is 0.305. The van der Waals surface area contributed by atoms with Gasteiger partial charge in [0.05, 0.1) is 19.8 Å². The van der Waals surface area contributed by atoms with Gasteiger partial charge in [-0.25, -0.2) is 14.5 Å². The van der Waals surface area contributed by atoms with E-state index in [-0.39, 0.29) is 24.7 Å². The first kappa shape index (κ1) is 13.2. The van der Waals surface area contributed by atoms with Crippen molar-refractivity contribution >= 4 is 0 Å². The number of halogens is 1. The second kappa shape index (κ2) is 4.93. The van der Waals surface area contributed by atoms with Crippen LogP contribution in [-0.4, -0.2) is 55.7 Å². The minimum atomic E-state index is -0.886. The van der Waals surface area contributed by atoms with Crippen LogP contribution in [0.3, 0.4) is 0 Å². The Morgan fingerprint density at radius 3 is 3.00 bits per heavy atom. The molecule has 0 aromatic rings. The molecule has 0 aliphatic carbocycles. The molecule has 0 bridgehead atoms. The molecule has 3 atom stereocenters. The summed E-state index contributed by atoms with van der Waals surface area (Å²) in [6.45, 7) is -0.353. The summed E-state index contributed by atoms with van der Waals surface area (Å²) < 4.78 is 25.8. The van der Waals surface area contributed by atoms with Crippen LogP contribution >= 0.6 is 0 Å². The van der Waals surface area contributed by atoms with Gasteiger partial charge in [-0.15, -0.1) is 0 Å². The molecular weight excluding hydrogens is 271 g/mol. The van der Waals surface area contributed by atoms with Crippen LogP contribution in [0, 0.1) is 6.08 Å². The molecule has 3 rings (SSSR count). The number of fused-ring (bicyclic) bond motifs is 1.